The quantitative estimate of drug-likeness (QED) is 0.798. The summed E-state index contributed by atoms with van der Waals surface area (Å²) in [4.78, 5) is 30.9. The highest BCUT2D eigenvalue weighted by Crippen LogP contribution is 2.20. The highest BCUT2D eigenvalue weighted by molar-refractivity contribution is 5.03. The average Bonchev–Trinajstić information content (AvgIpc) is 2.89. The van der Waals surface area contributed by atoms with Gasteiger partial charge in [-0.25, -0.2) is 14.5 Å². The molecule has 1 atom stereocenters. The van der Waals surface area contributed by atoms with Crippen LogP contribution >= 0.6 is 0 Å². The van der Waals surface area contributed by atoms with Crippen molar-refractivity contribution < 1.29 is 0 Å². The molecule has 8 heteroatoms. The molecule has 0 N–H and O–H groups in total. The maximum atomic E-state index is 12.2. The molecule has 0 aromatic carbocycles. The second-order valence-electron chi connectivity index (χ2n) is 6.88. The fourth-order valence-electron chi connectivity index (χ4n) is 3.55. The van der Waals surface area contributed by atoms with Gasteiger partial charge in [0.15, 0.2) is 0 Å². The molecule has 1 aliphatic rings. The van der Waals surface area contributed by atoms with Gasteiger partial charge in [-0.05, 0) is 33.2 Å². The Morgan fingerprint density at radius 3 is 2.60 bits per heavy atom. The van der Waals surface area contributed by atoms with E-state index < -0.39 is 0 Å². The van der Waals surface area contributed by atoms with Gasteiger partial charge in [0.25, 0.3) is 5.56 Å². The van der Waals surface area contributed by atoms with Crippen LogP contribution in [0.4, 0.5) is 0 Å². The fraction of sp³-hybridized carbons (Fsp3) is 0.647. The number of piperidine rings is 1. The van der Waals surface area contributed by atoms with Gasteiger partial charge >= 0.3 is 5.69 Å². The van der Waals surface area contributed by atoms with Crippen LogP contribution in [-0.4, -0.2) is 41.4 Å². The van der Waals surface area contributed by atoms with E-state index in [4.69, 9.17) is 0 Å². The third-order valence-corrected chi connectivity index (χ3v) is 5.09. The molecule has 25 heavy (non-hydrogen) atoms. The van der Waals surface area contributed by atoms with E-state index in [1.54, 1.807) is 17.7 Å². The van der Waals surface area contributed by atoms with Crippen molar-refractivity contribution >= 4 is 0 Å². The summed E-state index contributed by atoms with van der Waals surface area (Å²) in [5.74, 6) is 1.71. The van der Waals surface area contributed by atoms with E-state index in [1.807, 2.05) is 18.5 Å². The minimum atomic E-state index is -0.279. The van der Waals surface area contributed by atoms with Crippen molar-refractivity contribution in [1.82, 2.24) is 28.8 Å². The largest absolute Gasteiger partial charge is 0.330 e. The lowest BCUT2D eigenvalue weighted by atomic mass is 10.0. The molecular formula is C17H26N6O2. The van der Waals surface area contributed by atoms with Crippen LogP contribution in [0.2, 0.25) is 0 Å². The molecule has 3 rings (SSSR count). The molecule has 0 spiro atoms. The van der Waals surface area contributed by atoms with E-state index >= 15 is 0 Å². The normalized spacial score (nSPS) is 18.6. The zero-order valence-electron chi connectivity index (χ0n) is 15.4. The molecule has 0 saturated carbocycles. The standard InChI is InChI=1S/C17H26N6O2/c1-12-18-13(2)23(19-12)11-14-7-5-6-8-22(14)10-15-9-16(24)21(4)17(25)20(15)3/h9,14H,5-8,10-11H2,1-4H3/t14-/m1/s1. The predicted molar refractivity (Wildman–Crippen MR) is 94.5 cm³/mol. The predicted octanol–water partition coefficient (Wildman–Crippen LogP) is 0.347. The van der Waals surface area contributed by atoms with Crippen LogP contribution in [0.3, 0.4) is 0 Å². The van der Waals surface area contributed by atoms with E-state index in [0.29, 0.717) is 12.6 Å². The second kappa shape index (κ2) is 6.95. The molecule has 1 saturated heterocycles. The topological polar surface area (TPSA) is 78.0 Å². The summed E-state index contributed by atoms with van der Waals surface area (Å²) in [5.41, 5.74) is 0.222. The molecule has 2 aromatic heterocycles. The second-order valence-corrected chi connectivity index (χ2v) is 6.88. The van der Waals surface area contributed by atoms with Crippen molar-refractivity contribution in [2.45, 2.75) is 52.2 Å². The Kier molecular flexibility index (Phi) is 4.89. The Morgan fingerprint density at radius 1 is 1.16 bits per heavy atom. The van der Waals surface area contributed by atoms with Crippen molar-refractivity contribution in [2.75, 3.05) is 6.54 Å². The molecule has 0 amide bonds. The van der Waals surface area contributed by atoms with Crippen LogP contribution in [-0.2, 0) is 27.2 Å². The molecule has 0 radical (unpaired) electrons. The summed E-state index contributed by atoms with van der Waals surface area (Å²) in [7, 11) is 3.23. The SMILES string of the molecule is Cc1nc(C)n(C[C@H]2CCCCN2Cc2cc(=O)n(C)c(=O)n2C)n1. The van der Waals surface area contributed by atoms with Gasteiger partial charge in [0, 0.05) is 38.4 Å². The van der Waals surface area contributed by atoms with Crippen molar-refractivity contribution in [3.8, 4) is 0 Å². The first-order chi connectivity index (χ1) is 11.9. The Labute approximate surface area is 146 Å². The monoisotopic (exact) mass is 346 g/mol. The molecule has 3 heterocycles. The Hall–Kier alpha value is -2.22. The third kappa shape index (κ3) is 3.58. The molecule has 0 unspecified atom stereocenters. The van der Waals surface area contributed by atoms with Crippen LogP contribution in [0.5, 0.6) is 0 Å². The maximum absolute atomic E-state index is 12.2. The van der Waals surface area contributed by atoms with Gasteiger partial charge in [-0.15, -0.1) is 0 Å². The highest BCUT2D eigenvalue weighted by Gasteiger charge is 2.25. The van der Waals surface area contributed by atoms with Crippen molar-refractivity contribution in [3.05, 3.63) is 44.2 Å². The molecule has 0 aliphatic carbocycles. The van der Waals surface area contributed by atoms with Gasteiger partial charge in [0.05, 0.1) is 6.54 Å². The Bertz CT molecular complexity index is 878. The molecule has 0 bridgehead atoms. The van der Waals surface area contributed by atoms with Crippen LogP contribution in [0, 0.1) is 13.8 Å². The molecule has 8 nitrogen and oxygen atoms in total. The smallest absolute Gasteiger partial charge is 0.299 e. The van der Waals surface area contributed by atoms with E-state index in [9.17, 15) is 9.59 Å². The molecular weight excluding hydrogens is 320 g/mol. The minimum Gasteiger partial charge on any atom is -0.299 e. The third-order valence-electron chi connectivity index (χ3n) is 5.09. The molecule has 1 aliphatic heterocycles. The summed E-state index contributed by atoms with van der Waals surface area (Å²) in [6, 6.07) is 1.89. The summed E-state index contributed by atoms with van der Waals surface area (Å²) < 4.78 is 4.66. The van der Waals surface area contributed by atoms with Gasteiger partial charge in [0.1, 0.15) is 11.6 Å². The van der Waals surface area contributed by atoms with Crippen molar-refractivity contribution in [3.63, 3.8) is 0 Å². The lowest BCUT2D eigenvalue weighted by molar-refractivity contribution is 0.118. The van der Waals surface area contributed by atoms with Crippen LogP contribution in [0.15, 0.2) is 15.7 Å². The number of hydrogen-bond acceptors (Lipinski definition) is 5. The number of nitrogens with zero attached hydrogens (tertiary/aromatic N) is 6. The lowest BCUT2D eigenvalue weighted by Crippen LogP contribution is -2.44. The van der Waals surface area contributed by atoms with Crippen LogP contribution in [0.25, 0.3) is 0 Å². The van der Waals surface area contributed by atoms with Crippen LogP contribution in [0.1, 0.15) is 36.6 Å². The van der Waals surface area contributed by atoms with Crippen LogP contribution < -0.4 is 11.2 Å². The van der Waals surface area contributed by atoms with Crippen molar-refractivity contribution in [1.29, 1.82) is 0 Å². The number of rotatable bonds is 4. The highest BCUT2D eigenvalue weighted by atomic mass is 16.2. The van der Waals surface area contributed by atoms with E-state index in [1.165, 1.54) is 13.5 Å². The lowest BCUT2D eigenvalue weighted by Gasteiger charge is -2.36. The van der Waals surface area contributed by atoms with Gasteiger partial charge < -0.3 is 0 Å². The Morgan fingerprint density at radius 2 is 1.92 bits per heavy atom. The number of aryl methyl sites for hydroxylation is 2. The van der Waals surface area contributed by atoms with Gasteiger partial charge in [-0.3, -0.25) is 18.8 Å². The fourth-order valence-corrected chi connectivity index (χ4v) is 3.55. The average molecular weight is 346 g/mol. The molecule has 2 aromatic rings. The molecule has 1 fully saturated rings. The first kappa shape index (κ1) is 17.6. The van der Waals surface area contributed by atoms with Gasteiger partial charge in [-0.2, -0.15) is 5.10 Å². The zero-order valence-corrected chi connectivity index (χ0v) is 15.4. The first-order valence-corrected chi connectivity index (χ1v) is 8.75. The summed E-state index contributed by atoms with van der Waals surface area (Å²) in [6.45, 7) is 6.21. The summed E-state index contributed by atoms with van der Waals surface area (Å²) in [5, 5.41) is 4.47. The maximum Gasteiger partial charge on any atom is 0.330 e. The summed E-state index contributed by atoms with van der Waals surface area (Å²) in [6.07, 6.45) is 3.39. The van der Waals surface area contributed by atoms with E-state index in [2.05, 4.69) is 15.0 Å². The number of aromatic nitrogens is 5. The molecule has 136 valence electrons. The summed E-state index contributed by atoms with van der Waals surface area (Å²) >= 11 is 0. The first-order valence-electron chi connectivity index (χ1n) is 8.75. The Balaban J connectivity index is 1.84. The number of likely N-dealkylation sites (tertiary alicyclic amines) is 1. The van der Waals surface area contributed by atoms with Gasteiger partial charge in [-0.1, -0.05) is 6.42 Å². The van der Waals surface area contributed by atoms with E-state index in [0.717, 1.165) is 47.8 Å². The van der Waals surface area contributed by atoms with E-state index in [-0.39, 0.29) is 11.2 Å². The zero-order chi connectivity index (χ0) is 18.1. The minimum absolute atomic E-state index is 0.255. The number of hydrogen-bond donors (Lipinski definition) is 0. The van der Waals surface area contributed by atoms with Gasteiger partial charge in [0.2, 0.25) is 0 Å². The van der Waals surface area contributed by atoms with Crippen molar-refractivity contribution in [2.24, 2.45) is 14.1 Å².